The predicted molar refractivity (Wildman–Crippen MR) is 83.0 cm³/mol. The molecule has 1 aliphatic rings. The topological polar surface area (TPSA) is 34.5 Å². The van der Waals surface area contributed by atoms with Crippen molar-refractivity contribution in [2.75, 3.05) is 26.8 Å². The van der Waals surface area contributed by atoms with Crippen molar-refractivity contribution in [2.24, 2.45) is 0 Å². The van der Waals surface area contributed by atoms with Gasteiger partial charge in [-0.2, -0.15) is 0 Å². The van der Waals surface area contributed by atoms with Crippen LogP contribution in [0.1, 0.15) is 36.8 Å². The first-order valence-electron chi connectivity index (χ1n) is 6.86. The van der Waals surface area contributed by atoms with Crippen molar-refractivity contribution in [3.63, 3.8) is 0 Å². The van der Waals surface area contributed by atoms with Gasteiger partial charge in [-0.25, -0.2) is 0 Å². The SMILES string of the molecule is COCC1=CCN(C(=O)c2cc(Br)cn2C(C)C)CC1. The summed E-state index contributed by atoms with van der Waals surface area (Å²) in [6, 6.07) is 2.17. The van der Waals surface area contributed by atoms with Crippen LogP contribution in [0, 0.1) is 0 Å². The number of amides is 1. The zero-order valence-electron chi connectivity index (χ0n) is 12.2. The molecule has 1 aromatic rings. The van der Waals surface area contributed by atoms with Crippen LogP contribution < -0.4 is 0 Å². The Kier molecular flexibility index (Phi) is 5.05. The first-order chi connectivity index (χ1) is 9.52. The Balaban J connectivity index is 2.13. The van der Waals surface area contributed by atoms with Gasteiger partial charge in [-0.3, -0.25) is 4.79 Å². The lowest BCUT2D eigenvalue weighted by molar-refractivity contribution is 0.0752. The summed E-state index contributed by atoms with van der Waals surface area (Å²) in [7, 11) is 1.70. The van der Waals surface area contributed by atoms with Gasteiger partial charge in [0.25, 0.3) is 5.91 Å². The lowest BCUT2D eigenvalue weighted by atomic mass is 10.1. The number of ether oxygens (including phenoxy) is 1. The van der Waals surface area contributed by atoms with Crippen LogP contribution in [0.25, 0.3) is 0 Å². The van der Waals surface area contributed by atoms with Gasteiger partial charge in [-0.15, -0.1) is 0 Å². The number of rotatable bonds is 4. The Bertz CT molecular complexity index is 520. The van der Waals surface area contributed by atoms with Crippen LogP contribution in [-0.4, -0.2) is 42.2 Å². The summed E-state index contributed by atoms with van der Waals surface area (Å²) in [5.41, 5.74) is 2.02. The van der Waals surface area contributed by atoms with Gasteiger partial charge in [0.05, 0.1) is 6.61 Å². The summed E-state index contributed by atoms with van der Waals surface area (Å²) >= 11 is 3.45. The van der Waals surface area contributed by atoms with E-state index in [1.54, 1.807) is 7.11 Å². The first kappa shape index (κ1) is 15.3. The standard InChI is InChI=1S/C15H21BrN2O2/c1-11(2)18-9-13(16)8-14(18)15(19)17-6-4-12(5-7-17)10-20-3/h4,8-9,11H,5-7,10H2,1-3H3. The molecule has 0 atom stereocenters. The van der Waals surface area contributed by atoms with E-state index in [0.29, 0.717) is 13.2 Å². The van der Waals surface area contributed by atoms with Gasteiger partial charge in [0.15, 0.2) is 0 Å². The van der Waals surface area contributed by atoms with E-state index in [1.165, 1.54) is 5.57 Å². The lowest BCUT2D eigenvalue weighted by Crippen LogP contribution is -2.36. The summed E-state index contributed by atoms with van der Waals surface area (Å²) in [4.78, 5) is 14.5. The van der Waals surface area contributed by atoms with Crippen molar-refractivity contribution in [2.45, 2.75) is 26.3 Å². The molecular weight excluding hydrogens is 320 g/mol. The fraction of sp³-hybridized carbons (Fsp3) is 0.533. The third-order valence-electron chi connectivity index (χ3n) is 3.51. The van der Waals surface area contributed by atoms with Crippen LogP contribution in [-0.2, 0) is 4.74 Å². The average molecular weight is 341 g/mol. The molecule has 0 spiro atoms. The molecule has 0 unspecified atom stereocenters. The highest BCUT2D eigenvalue weighted by atomic mass is 79.9. The minimum Gasteiger partial charge on any atom is -0.380 e. The molecule has 1 amide bonds. The maximum atomic E-state index is 12.6. The third-order valence-corrected chi connectivity index (χ3v) is 3.94. The number of hydrogen-bond acceptors (Lipinski definition) is 2. The van der Waals surface area contributed by atoms with Crippen LogP contribution in [0.3, 0.4) is 0 Å². The number of carbonyl (C=O) groups is 1. The molecule has 0 fully saturated rings. The van der Waals surface area contributed by atoms with E-state index in [2.05, 4.69) is 35.9 Å². The Labute approximate surface area is 128 Å². The predicted octanol–water partition coefficient (Wildman–Crippen LogP) is 3.25. The van der Waals surface area contributed by atoms with Crippen molar-refractivity contribution in [3.8, 4) is 0 Å². The Morgan fingerprint density at radius 3 is 2.80 bits per heavy atom. The second-order valence-electron chi connectivity index (χ2n) is 5.34. The summed E-state index contributed by atoms with van der Waals surface area (Å²) in [6.07, 6.45) is 4.96. The van der Waals surface area contributed by atoms with E-state index >= 15 is 0 Å². The number of aromatic nitrogens is 1. The van der Waals surface area contributed by atoms with E-state index in [1.807, 2.05) is 21.7 Å². The highest BCUT2D eigenvalue weighted by Gasteiger charge is 2.22. The number of carbonyl (C=O) groups excluding carboxylic acids is 1. The van der Waals surface area contributed by atoms with Crippen LogP contribution in [0.5, 0.6) is 0 Å². The van der Waals surface area contributed by atoms with Crippen molar-refractivity contribution >= 4 is 21.8 Å². The van der Waals surface area contributed by atoms with Gasteiger partial charge in [0.2, 0.25) is 0 Å². The highest BCUT2D eigenvalue weighted by Crippen LogP contribution is 2.22. The number of methoxy groups -OCH3 is 1. The molecule has 5 heteroatoms. The second kappa shape index (κ2) is 6.59. The van der Waals surface area contributed by atoms with E-state index in [9.17, 15) is 4.79 Å². The van der Waals surface area contributed by atoms with Gasteiger partial charge >= 0.3 is 0 Å². The molecule has 20 heavy (non-hydrogen) atoms. The first-order valence-corrected chi connectivity index (χ1v) is 7.65. The normalized spacial score (nSPS) is 15.7. The zero-order chi connectivity index (χ0) is 14.7. The monoisotopic (exact) mass is 340 g/mol. The molecule has 110 valence electrons. The van der Waals surface area contributed by atoms with Crippen molar-refractivity contribution in [1.29, 1.82) is 0 Å². The van der Waals surface area contributed by atoms with E-state index in [0.717, 1.165) is 23.1 Å². The fourth-order valence-corrected chi connectivity index (χ4v) is 2.86. The van der Waals surface area contributed by atoms with Crippen LogP contribution in [0.15, 0.2) is 28.4 Å². The van der Waals surface area contributed by atoms with Crippen LogP contribution >= 0.6 is 15.9 Å². The summed E-state index contributed by atoms with van der Waals surface area (Å²) in [5.74, 6) is 0.0946. The Hall–Kier alpha value is -1.07. The Morgan fingerprint density at radius 1 is 1.50 bits per heavy atom. The lowest BCUT2D eigenvalue weighted by Gasteiger charge is -2.27. The van der Waals surface area contributed by atoms with Crippen LogP contribution in [0.2, 0.25) is 0 Å². The molecule has 0 aliphatic carbocycles. The minimum absolute atomic E-state index is 0.0946. The molecule has 1 aliphatic heterocycles. The van der Waals surface area contributed by atoms with Gasteiger partial charge in [-0.05, 0) is 47.8 Å². The minimum atomic E-state index is 0.0946. The van der Waals surface area contributed by atoms with Gasteiger partial charge in [0.1, 0.15) is 5.69 Å². The number of halogens is 1. The van der Waals surface area contributed by atoms with Crippen molar-refractivity contribution in [1.82, 2.24) is 9.47 Å². The van der Waals surface area contributed by atoms with Crippen LogP contribution in [0.4, 0.5) is 0 Å². The largest absolute Gasteiger partial charge is 0.380 e. The van der Waals surface area contributed by atoms with Crippen molar-refractivity contribution in [3.05, 3.63) is 34.1 Å². The van der Waals surface area contributed by atoms with Gasteiger partial charge in [-0.1, -0.05) is 6.08 Å². The maximum Gasteiger partial charge on any atom is 0.270 e. The van der Waals surface area contributed by atoms with Gasteiger partial charge < -0.3 is 14.2 Å². The molecule has 0 aromatic carbocycles. The zero-order valence-corrected chi connectivity index (χ0v) is 13.8. The van der Waals surface area contributed by atoms with E-state index < -0.39 is 0 Å². The average Bonchev–Trinajstić information content (AvgIpc) is 2.81. The molecule has 0 radical (unpaired) electrons. The van der Waals surface area contributed by atoms with E-state index in [-0.39, 0.29) is 11.9 Å². The summed E-state index contributed by atoms with van der Waals surface area (Å²) in [6.45, 7) is 6.25. The molecule has 4 nitrogen and oxygen atoms in total. The molecule has 0 saturated heterocycles. The molecule has 2 heterocycles. The van der Waals surface area contributed by atoms with Gasteiger partial charge in [0, 0.05) is 36.9 Å². The molecular formula is C15H21BrN2O2. The molecule has 2 rings (SSSR count). The third kappa shape index (κ3) is 3.33. The summed E-state index contributed by atoms with van der Waals surface area (Å²) < 4.78 is 8.09. The number of hydrogen-bond donors (Lipinski definition) is 0. The smallest absolute Gasteiger partial charge is 0.270 e. The molecule has 0 N–H and O–H groups in total. The quantitative estimate of drug-likeness (QED) is 0.788. The highest BCUT2D eigenvalue weighted by molar-refractivity contribution is 9.10. The second-order valence-corrected chi connectivity index (χ2v) is 6.26. The molecule has 0 saturated carbocycles. The summed E-state index contributed by atoms with van der Waals surface area (Å²) in [5, 5.41) is 0. The van der Waals surface area contributed by atoms with Crippen molar-refractivity contribution < 1.29 is 9.53 Å². The van der Waals surface area contributed by atoms with E-state index in [4.69, 9.17) is 4.74 Å². The molecule has 0 bridgehead atoms. The number of nitrogens with zero attached hydrogens (tertiary/aromatic N) is 2. The maximum absolute atomic E-state index is 12.6. The fourth-order valence-electron chi connectivity index (χ4n) is 2.42. The Morgan fingerprint density at radius 2 is 2.25 bits per heavy atom. The molecule has 1 aromatic heterocycles.